The van der Waals surface area contributed by atoms with Crippen LogP contribution in [0.2, 0.25) is 5.02 Å². The van der Waals surface area contributed by atoms with E-state index in [0.717, 1.165) is 0 Å². The molecule has 3 aromatic heterocycles. The molecule has 1 amide bonds. The van der Waals surface area contributed by atoms with E-state index in [1.54, 1.807) is 36.1 Å². The van der Waals surface area contributed by atoms with Crippen molar-refractivity contribution in [2.24, 2.45) is 5.92 Å². The second-order valence-electron chi connectivity index (χ2n) is 10.9. The highest BCUT2D eigenvalue weighted by molar-refractivity contribution is 6.30. The van der Waals surface area contributed by atoms with Gasteiger partial charge in [-0.3, -0.25) is 4.79 Å². The first-order valence-corrected chi connectivity index (χ1v) is 14.1. The summed E-state index contributed by atoms with van der Waals surface area (Å²) >= 11 is 6.22. The van der Waals surface area contributed by atoms with Gasteiger partial charge in [0.2, 0.25) is 11.8 Å². The van der Waals surface area contributed by atoms with E-state index in [2.05, 4.69) is 15.0 Å². The van der Waals surface area contributed by atoms with E-state index in [1.807, 2.05) is 0 Å². The highest BCUT2D eigenvalue weighted by Gasteiger charge is 2.47. The minimum atomic E-state index is -3.02. The Balaban J connectivity index is 1.36. The van der Waals surface area contributed by atoms with Crippen LogP contribution in [0.15, 0.2) is 40.9 Å². The molecule has 1 N–H and O–H groups in total. The number of halogens is 4. The van der Waals surface area contributed by atoms with Gasteiger partial charge in [0.1, 0.15) is 28.9 Å². The van der Waals surface area contributed by atoms with Crippen molar-refractivity contribution >= 4 is 51.4 Å². The molecule has 2 fully saturated rings. The number of para-hydroxylation sites is 1. The summed E-state index contributed by atoms with van der Waals surface area (Å²) in [4.78, 5) is 39.5. The second kappa shape index (κ2) is 10.9. The van der Waals surface area contributed by atoms with Crippen LogP contribution in [-0.4, -0.2) is 68.6 Å². The summed E-state index contributed by atoms with van der Waals surface area (Å²) in [7, 11) is 0. The number of benzene rings is 1. The Kier molecular flexibility index (Phi) is 7.31. The molecule has 1 aromatic carbocycles. The van der Waals surface area contributed by atoms with Gasteiger partial charge in [0.25, 0.3) is 6.43 Å². The van der Waals surface area contributed by atoms with E-state index in [9.17, 15) is 23.5 Å². The van der Waals surface area contributed by atoms with Gasteiger partial charge in [-0.2, -0.15) is 0 Å². The third-order valence-electron chi connectivity index (χ3n) is 8.24. The maximum atomic E-state index is 16.7. The standard InChI is InChI=1S/C29H27ClF3N5O5/c1-14-12-37(15(2)39)8-7-29(14,33)19-9-16(30)11-34-27(19)42-17-10-20(28(40)41)38(13-17)26-23-22(35-25(36-26)24(31)32)18-5-3-4-6-21(18)43-23/h3-6,9,11,14,17,20,24H,7-8,10,12-13H2,1-2H3,(H,40,41)/t14-,17-,20-,29+/m0/s1. The number of aromatic nitrogens is 3. The Morgan fingerprint density at radius 3 is 2.70 bits per heavy atom. The number of rotatable bonds is 6. The third kappa shape index (κ3) is 5.09. The minimum Gasteiger partial charge on any atom is -0.480 e. The molecule has 2 saturated heterocycles. The number of anilines is 1. The third-order valence-corrected chi connectivity index (χ3v) is 8.45. The number of carbonyl (C=O) groups is 2. The molecule has 0 spiro atoms. The van der Waals surface area contributed by atoms with Gasteiger partial charge in [-0.25, -0.2) is 32.9 Å². The summed E-state index contributed by atoms with van der Waals surface area (Å²) < 4.78 is 56.5. The zero-order valence-electron chi connectivity index (χ0n) is 23.1. The summed E-state index contributed by atoms with van der Waals surface area (Å²) in [5.74, 6) is -2.94. The van der Waals surface area contributed by atoms with Gasteiger partial charge in [-0.05, 0) is 18.2 Å². The average molecular weight is 618 g/mol. The first-order chi connectivity index (χ1) is 20.5. The number of carboxylic acid groups (broad SMARTS) is 1. The molecule has 2 aliphatic rings. The predicted octanol–water partition coefficient (Wildman–Crippen LogP) is 5.53. The van der Waals surface area contributed by atoms with Crippen molar-refractivity contribution in [1.29, 1.82) is 0 Å². The van der Waals surface area contributed by atoms with Crippen LogP contribution in [0.1, 0.15) is 44.5 Å². The molecule has 226 valence electrons. The number of furan rings is 1. The smallest absolute Gasteiger partial charge is 0.326 e. The van der Waals surface area contributed by atoms with Crippen molar-refractivity contribution in [3.8, 4) is 5.88 Å². The topological polar surface area (TPSA) is 122 Å². The van der Waals surface area contributed by atoms with Crippen LogP contribution in [0, 0.1) is 5.92 Å². The summed E-state index contributed by atoms with van der Waals surface area (Å²) in [5.41, 5.74) is -1.25. The Hall–Kier alpha value is -4.13. The van der Waals surface area contributed by atoms with Crippen molar-refractivity contribution in [2.75, 3.05) is 24.5 Å². The second-order valence-corrected chi connectivity index (χ2v) is 11.4. The Bertz CT molecular complexity index is 1740. The van der Waals surface area contributed by atoms with Gasteiger partial charge >= 0.3 is 5.97 Å². The number of carbonyl (C=O) groups excluding carboxylic acids is 1. The van der Waals surface area contributed by atoms with Crippen molar-refractivity contribution < 1.29 is 37.0 Å². The van der Waals surface area contributed by atoms with Crippen molar-refractivity contribution in [2.45, 2.75) is 50.9 Å². The molecule has 2 aliphatic heterocycles. The molecule has 0 unspecified atom stereocenters. The highest BCUT2D eigenvalue weighted by atomic mass is 35.5. The molecule has 0 radical (unpaired) electrons. The summed E-state index contributed by atoms with van der Waals surface area (Å²) in [5, 5.41) is 10.8. The highest BCUT2D eigenvalue weighted by Crippen LogP contribution is 2.46. The van der Waals surface area contributed by atoms with Crippen LogP contribution in [0.25, 0.3) is 22.1 Å². The van der Waals surface area contributed by atoms with Crippen LogP contribution in [0.3, 0.4) is 0 Å². The molecule has 10 nitrogen and oxygen atoms in total. The quantitative estimate of drug-likeness (QED) is 0.298. The van der Waals surface area contributed by atoms with Gasteiger partial charge < -0.3 is 24.1 Å². The average Bonchev–Trinajstić information content (AvgIpc) is 3.56. The molecule has 4 aromatic rings. The largest absolute Gasteiger partial charge is 0.480 e. The van der Waals surface area contributed by atoms with E-state index in [1.165, 1.54) is 24.1 Å². The molecule has 0 aliphatic carbocycles. The minimum absolute atomic E-state index is 0.0119. The zero-order chi connectivity index (χ0) is 30.6. The van der Waals surface area contributed by atoms with Crippen LogP contribution >= 0.6 is 11.6 Å². The van der Waals surface area contributed by atoms with Crippen LogP contribution in [0.4, 0.5) is 19.0 Å². The van der Waals surface area contributed by atoms with E-state index >= 15 is 4.39 Å². The van der Waals surface area contributed by atoms with Gasteiger partial charge in [-0.1, -0.05) is 30.7 Å². The van der Waals surface area contributed by atoms with Crippen molar-refractivity contribution in [3.63, 3.8) is 0 Å². The maximum absolute atomic E-state index is 16.7. The number of carboxylic acids is 1. The number of fused-ring (bicyclic) bond motifs is 3. The Labute approximate surface area is 248 Å². The lowest BCUT2D eigenvalue weighted by atomic mass is 9.78. The molecule has 5 heterocycles. The SMILES string of the molecule is CC(=O)N1CC[C@](F)(c2cc(Cl)cnc2O[C@H]2C[C@@H](C(=O)O)N(c3nc(C(F)F)nc4c3oc3ccccc34)C2)[C@@H](C)C1. The normalized spacial score (nSPS) is 24.3. The number of amides is 1. The lowest BCUT2D eigenvalue weighted by Gasteiger charge is -2.41. The molecule has 0 bridgehead atoms. The number of pyridine rings is 1. The first-order valence-electron chi connectivity index (χ1n) is 13.7. The summed E-state index contributed by atoms with van der Waals surface area (Å²) in [6.07, 6.45) is -2.65. The number of nitrogens with zero attached hydrogens (tertiary/aromatic N) is 5. The molecular weight excluding hydrogens is 591 g/mol. The number of ether oxygens (including phenoxy) is 1. The van der Waals surface area contributed by atoms with Crippen molar-refractivity contribution in [3.05, 3.63) is 52.9 Å². The fourth-order valence-corrected chi connectivity index (χ4v) is 6.17. The maximum Gasteiger partial charge on any atom is 0.326 e. The van der Waals surface area contributed by atoms with E-state index in [-0.39, 0.29) is 71.8 Å². The fourth-order valence-electron chi connectivity index (χ4n) is 6.01. The summed E-state index contributed by atoms with van der Waals surface area (Å²) in [6, 6.07) is 6.94. The van der Waals surface area contributed by atoms with Crippen LogP contribution < -0.4 is 9.64 Å². The van der Waals surface area contributed by atoms with Crippen LogP contribution in [-0.2, 0) is 15.3 Å². The van der Waals surface area contributed by atoms with Gasteiger partial charge in [0.15, 0.2) is 17.2 Å². The fraction of sp³-hybridized carbons (Fsp3) is 0.414. The lowest BCUT2D eigenvalue weighted by molar-refractivity contribution is -0.138. The van der Waals surface area contributed by atoms with Gasteiger partial charge in [-0.15, -0.1) is 0 Å². The Morgan fingerprint density at radius 1 is 1.23 bits per heavy atom. The number of aliphatic carboxylic acids is 1. The number of piperidine rings is 1. The molecule has 6 rings (SSSR count). The molecular formula is C29H27ClF3N5O5. The number of hydrogen-bond acceptors (Lipinski definition) is 8. The lowest BCUT2D eigenvalue weighted by Crippen LogP contribution is -2.48. The van der Waals surface area contributed by atoms with E-state index in [0.29, 0.717) is 11.0 Å². The monoisotopic (exact) mass is 617 g/mol. The molecule has 43 heavy (non-hydrogen) atoms. The zero-order valence-corrected chi connectivity index (χ0v) is 23.9. The molecule has 14 heteroatoms. The number of hydrogen-bond donors (Lipinski definition) is 1. The van der Waals surface area contributed by atoms with Crippen molar-refractivity contribution in [1.82, 2.24) is 19.9 Å². The first kappa shape index (κ1) is 29.0. The van der Waals surface area contributed by atoms with E-state index < -0.39 is 42.0 Å². The van der Waals surface area contributed by atoms with Gasteiger partial charge in [0, 0.05) is 50.4 Å². The molecule has 4 atom stereocenters. The van der Waals surface area contributed by atoms with Crippen LogP contribution in [0.5, 0.6) is 5.88 Å². The Morgan fingerprint density at radius 2 is 2.00 bits per heavy atom. The van der Waals surface area contributed by atoms with Gasteiger partial charge in [0.05, 0.1) is 17.1 Å². The number of alkyl halides is 3. The summed E-state index contributed by atoms with van der Waals surface area (Å²) in [6.45, 7) is 3.39. The molecule has 0 saturated carbocycles. The van der Waals surface area contributed by atoms with E-state index in [4.69, 9.17) is 20.8 Å². The number of likely N-dealkylation sites (tertiary alicyclic amines) is 1. The predicted molar refractivity (Wildman–Crippen MR) is 150 cm³/mol.